The highest BCUT2D eigenvalue weighted by Crippen LogP contribution is 2.33. The van der Waals surface area contributed by atoms with E-state index in [0.29, 0.717) is 35.7 Å². The molecule has 0 saturated heterocycles. The van der Waals surface area contributed by atoms with Crippen molar-refractivity contribution in [3.8, 4) is 0 Å². The maximum Gasteiger partial charge on any atom is 0.268 e. The van der Waals surface area contributed by atoms with Crippen molar-refractivity contribution in [3.05, 3.63) is 4.88 Å². The molecule has 0 bridgehead atoms. The molecule has 3 rings (SSSR count). The van der Waals surface area contributed by atoms with Gasteiger partial charge in [0.05, 0.1) is 0 Å². The Hall–Kier alpha value is -1.34. The zero-order chi connectivity index (χ0) is 14.8. The predicted molar refractivity (Wildman–Crippen MR) is 83.5 cm³/mol. The van der Waals surface area contributed by atoms with Crippen molar-refractivity contribution >= 4 is 28.2 Å². The number of carbonyl (C=O) groups is 1. The molecule has 0 radical (unpaired) electrons. The van der Waals surface area contributed by atoms with Crippen LogP contribution in [-0.4, -0.2) is 46.1 Å². The zero-order valence-corrected chi connectivity index (χ0v) is 12.9. The number of hydrogen-bond acceptors (Lipinski definition) is 6. The second-order valence-electron chi connectivity index (χ2n) is 5.81. The molecule has 116 valence electrons. The summed E-state index contributed by atoms with van der Waals surface area (Å²) in [6.07, 6.45) is 6.18. The SMILES string of the molecule is Nc1nc(NC2CC2)sc1C(=O)N(CCCO)C1CCC1. The smallest absolute Gasteiger partial charge is 0.268 e. The van der Waals surface area contributed by atoms with E-state index in [0.717, 1.165) is 30.8 Å². The minimum atomic E-state index is -0.0352. The minimum Gasteiger partial charge on any atom is -0.396 e. The molecule has 6 nitrogen and oxygen atoms in total. The van der Waals surface area contributed by atoms with Crippen LogP contribution in [0.1, 0.15) is 48.2 Å². The summed E-state index contributed by atoms with van der Waals surface area (Å²) < 4.78 is 0. The lowest BCUT2D eigenvalue weighted by molar-refractivity contribution is 0.0568. The first-order valence-corrected chi connectivity index (χ1v) is 8.45. The average molecular weight is 310 g/mol. The Labute approximate surface area is 128 Å². The Morgan fingerprint density at radius 1 is 1.43 bits per heavy atom. The summed E-state index contributed by atoms with van der Waals surface area (Å²) in [6, 6.07) is 0.793. The second kappa shape index (κ2) is 6.19. The number of aliphatic hydroxyl groups excluding tert-OH is 1. The van der Waals surface area contributed by atoms with E-state index in [1.807, 2.05) is 4.90 Å². The Balaban J connectivity index is 1.72. The van der Waals surface area contributed by atoms with Crippen molar-refractivity contribution in [2.45, 2.75) is 50.6 Å². The minimum absolute atomic E-state index is 0.0352. The number of amides is 1. The highest BCUT2D eigenvalue weighted by atomic mass is 32.1. The van der Waals surface area contributed by atoms with E-state index < -0.39 is 0 Å². The van der Waals surface area contributed by atoms with Gasteiger partial charge < -0.3 is 21.1 Å². The highest BCUT2D eigenvalue weighted by Gasteiger charge is 2.32. The number of thiazole rings is 1. The van der Waals surface area contributed by atoms with Crippen molar-refractivity contribution < 1.29 is 9.90 Å². The van der Waals surface area contributed by atoms with E-state index in [-0.39, 0.29) is 12.5 Å². The zero-order valence-electron chi connectivity index (χ0n) is 12.0. The molecule has 4 N–H and O–H groups in total. The van der Waals surface area contributed by atoms with Gasteiger partial charge in [0.25, 0.3) is 5.91 Å². The molecule has 2 aliphatic carbocycles. The van der Waals surface area contributed by atoms with E-state index in [4.69, 9.17) is 10.8 Å². The Morgan fingerprint density at radius 3 is 2.76 bits per heavy atom. The van der Waals surface area contributed by atoms with Crippen LogP contribution < -0.4 is 11.1 Å². The number of carbonyl (C=O) groups excluding carboxylic acids is 1. The summed E-state index contributed by atoms with van der Waals surface area (Å²) in [7, 11) is 0. The molecule has 2 fully saturated rings. The van der Waals surface area contributed by atoms with Gasteiger partial charge in [-0.3, -0.25) is 4.79 Å². The molecule has 1 heterocycles. The molecule has 7 heteroatoms. The standard InChI is InChI=1S/C14H22N4O2S/c15-12-11(21-14(17-12)16-9-5-6-9)13(20)18(7-2-8-19)10-3-1-4-10/h9-10,19H,1-8,15H2,(H,16,17). The van der Waals surface area contributed by atoms with E-state index in [1.54, 1.807) is 0 Å². The van der Waals surface area contributed by atoms with E-state index in [1.165, 1.54) is 17.8 Å². The first-order chi connectivity index (χ1) is 10.2. The summed E-state index contributed by atoms with van der Waals surface area (Å²) in [5.74, 6) is 0.286. The van der Waals surface area contributed by atoms with Crippen molar-refractivity contribution in [2.75, 3.05) is 24.2 Å². The van der Waals surface area contributed by atoms with Crippen LogP contribution in [0.3, 0.4) is 0 Å². The third kappa shape index (κ3) is 3.29. The Kier molecular flexibility index (Phi) is 4.30. The largest absolute Gasteiger partial charge is 0.396 e. The van der Waals surface area contributed by atoms with Gasteiger partial charge in [-0.1, -0.05) is 11.3 Å². The lowest BCUT2D eigenvalue weighted by atomic mass is 9.91. The molecule has 0 aromatic carbocycles. The number of rotatable bonds is 7. The lowest BCUT2D eigenvalue weighted by Gasteiger charge is -2.37. The number of nitrogens with zero attached hydrogens (tertiary/aromatic N) is 2. The molecule has 1 aromatic heterocycles. The van der Waals surface area contributed by atoms with Gasteiger partial charge in [0.15, 0.2) is 5.13 Å². The monoisotopic (exact) mass is 310 g/mol. The van der Waals surface area contributed by atoms with Crippen LogP contribution in [0.2, 0.25) is 0 Å². The molecule has 0 atom stereocenters. The van der Waals surface area contributed by atoms with E-state index in [2.05, 4.69) is 10.3 Å². The molecule has 2 aliphatic rings. The van der Waals surface area contributed by atoms with E-state index >= 15 is 0 Å². The Morgan fingerprint density at radius 2 is 2.19 bits per heavy atom. The van der Waals surface area contributed by atoms with Gasteiger partial charge in [-0.25, -0.2) is 4.98 Å². The molecule has 1 aromatic rings. The van der Waals surface area contributed by atoms with Crippen LogP contribution in [0.25, 0.3) is 0 Å². The summed E-state index contributed by atoms with van der Waals surface area (Å²) in [5, 5.41) is 13.1. The van der Waals surface area contributed by atoms with Gasteiger partial charge in [-0.05, 0) is 38.5 Å². The quantitative estimate of drug-likeness (QED) is 0.712. The number of hydrogen-bond donors (Lipinski definition) is 3. The van der Waals surface area contributed by atoms with Gasteiger partial charge in [0.2, 0.25) is 0 Å². The molecule has 0 unspecified atom stereocenters. The van der Waals surface area contributed by atoms with Gasteiger partial charge in [-0.15, -0.1) is 0 Å². The van der Waals surface area contributed by atoms with Crippen LogP contribution in [0.4, 0.5) is 10.9 Å². The molecular weight excluding hydrogens is 288 g/mol. The van der Waals surface area contributed by atoms with Crippen LogP contribution in [0.15, 0.2) is 0 Å². The van der Waals surface area contributed by atoms with Crippen LogP contribution in [0.5, 0.6) is 0 Å². The summed E-state index contributed by atoms with van der Waals surface area (Å²) >= 11 is 1.35. The number of aromatic nitrogens is 1. The third-order valence-electron chi connectivity index (χ3n) is 4.09. The van der Waals surface area contributed by atoms with Crippen LogP contribution in [0, 0.1) is 0 Å². The maximum absolute atomic E-state index is 12.7. The average Bonchev–Trinajstić information content (AvgIpc) is 3.13. The van der Waals surface area contributed by atoms with Gasteiger partial charge >= 0.3 is 0 Å². The molecular formula is C14H22N4O2S. The molecule has 0 spiro atoms. The molecule has 2 saturated carbocycles. The van der Waals surface area contributed by atoms with Crippen molar-refractivity contribution in [2.24, 2.45) is 0 Å². The fourth-order valence-electron chi connectivity index (χ4n) is 2.47. The number of anilines is 2. The Bertz CT molecular complexity index is 511. The first kappa shape index (κ1) is 14.6. The first-order valence-electron chi connectivity index (χ1n) is 7.63. The van der Waals surface area contributed by atoms with Gasteiger partial charge in [0.1, 0.15) is 10.7 Å². The number of aliphatic hydroxyl groups is 1. The van der Waals surface area contributed by atoms with Crippen molar-refractivity contribution in [3.63, 3.8) is 0 Å². The maximum atomic E-state index is 12.7. The normalized spacial score (nSPS) is 18.3. The fraction of sp³-hybridized carbons (Fsp3) is 0.714. The third-order valence-corrected chi connectivity index (χ3v) is 5.08. The molecule has 21 heavy (non-hydrogen) atoms. The van der Waals surface area contributed by atoms with Gasteiger partial charge in [0, 0.05) is 25.2 Å². The second-order valence-corrected chi connectivity index (χ2v) is 6.81. The summed E-state index contributed by atoms with van der Waals surface area (Å²) in [4.78, 5) is 19.4. The summed E-state index contributed by atoms with van der Waals surface area (Å²) in [5.41, 5.74) is 5.93. The number of nitrogens with two attached hydrogens (primary N) is 1. The number of nitrogens with one attached hydrogen (secondary N) is 1. The fourth-order valence-corrected chi connectivity index (χ4v) is 3.39. The number of nitrogen functional groups attached to an aromatic ring is 1. The lowest BCUT2D eigenvalue weighted by Crippen LogP contribution is -2.44. The highest BCUT2D eigenvalue weighted by molar-refractivity contribution is 7.18. The van der Waals surface area contributed by atoms with E-state index in [9.17, 15) is 4.79 Å². The molecule has 0 aliphatic heterocycles. The van der Waals surface area contributed by atoms with Crippen LogP contribution >= 0.6 is 11.3 Å². The van der Waals surface area contributed by atoms with Crippen LogP contribution in [-0.2, 0) is 0 Å². The predicted octanol–water partition coefficient (Wildman–Crippen LogP) is 1.68. The van der Waals surface area contributed by atoms with Gasteiger partial charge in [-0.2, -0.15) is 0 Å². The van der Waals surface area contributed by atoms with Crippen molar-refractivity contribution in [1.82, 2.24) is 9.88 Å². The summed E-state index contributed by atoms with van der Waals surface area (Å²) in [6.45, 7) is 0.686. The van der Waals surface area contributed by atoms with Crippen molar-refractivity contribution in [1.29, 1.82) is 0 Å². The topological polar surface area (TPSA) is 91.5 Å². The molecule has 1 amide bonds.